The smallest absolute Gasteiger partial charge is 0.322 e. The van der Waals surface area contributed by atoms with Crippen molar-refractivity contribution in [2.45, 2.75) is 32.2 Å². The van der Waals surface area contributed by atoms with Crippen molar-refractivity contribution in [3.63, 3.8) is 0 Å². The normalized spacial score (nSPS) is 19.4. The first-order valence-electron chi connectivity index (χ1n) is 11.2. The molecule has 6 heteroatoms. The van der Waals surface area contributed by atoms with Crippen molar-refractivity contribution in [3.8, 4) is 0 Å². The summed E-state index contributed by atoms with van der Waals surface area (Å²) in [7, 11) is 1.91. The van der Waals surface area contributed by atoms with Crippen LogP contribution in [-0.2, 0) is 6.42 Å². The molecule has 164 valence electrons. The van der Waals surface area contributed by atoms with Crippen molar-refractivity contribution in [1.82, 2.24) is 15.1 Å². The van der Waals surface area contributed by atoms with Gasteiger partial charge in [-0.15, -0.1) is 0 Å². The van der Waals surface area contributed by atoms with Gasteiger partial charge in [0, 0.05) is 50.5 Å². The van der Waals surface area contributed by atoms with Crippen LogP contribution in [0.5, 0.6) is 0 Å². The number of carbonyl (C=O) groups excluding carboxylic acids is 2. The summed E-state index contributed by atoms with van der Waals surface area (Å²) in [5.41, 5.74) is 3.82. The van der Waals surface area contributed by atoms with Gasteiger partial charge >= 0.3 is 6.03 Å². The summed E-state index contributed by atoms with van der Waals surface area (Å²) in [6.07, 6.45) is 3.16. The number of anilines is 1. The molecule has 0 unspecified atom stereocenters. The molecule has 1 atom stereocenters. The maximum absolute atomic E-state index is 13.3. The second-order valence-electron chi connectivity index (χ2n) is 8.63. The number of amides is 3. The standard InChI is InChI=1S/C25H32N4O2/c1-19-10-11-21(17-23(19)29-16-13-26-25(29)31)24(30)27(2)22-9-6-14-28(18-22)15-12-20-7-4-3-5-8-20/h3-5,7-8,10-11,17,22H,6,9,12-16,18H2,1-2H3,(H,26,31)/t22-/m1/s1. The van der Waals surface area contributed by atoms with E-state index in [4.69, 9.17) is 0 Å². The van der Waals surface area contributed by atoms with Crippen molar-refractivity contribution in [2.75, 3.05) is 44.7 Å². The fraction of sp³-hybridized carbons (Fsp3) is 0.440. The van der Waals surface area contributed by atoms with Crippen LogP contribution < -0.4 is 10.2 Å². The van der Waals surface area contributed by atoms with E-state index in [1.165, 1.54) is 5.56 Å². The van der Waals surface area contributed by atoms with E-state index in [0.29, 0.717) is 18.7 Å². The molecule has 6 nitrogen and oxygen atoms in total. The first kappa shape index (κ1) is 21.4. The maximum Gasteiger partial charge on any atom is 0.322 e. The molecule has 2 aliphatic heterocycles. The van der Waals surface area contributed by atoms with Gasteiger partial charge in [0.1, 0.15) is 0 Å². The fourth-order valence-electron chi connectivity index (χ4n) is 4.59. The summed E-state index contributed by atoms with van der Waals surface area (Å²) in [6.45, 7) is 6.25. The minimum atomic E-state index is -0.0950. The number of carbonyl (C=O) groups is 2. The van der Waals surface area contributed by atoms with E-state index in [2.05, 4.69) is 34.5 Å². The summed E-state index contributed by atoms with van der Waals surface area (Å²) in [5.74, 6) is 0.0239. The molecular formula is C25H32N4O2. The monoisotopic (exact) mass is 420 g/mol. The molecular weight excluding hydrogens is 388 g/mol. The highest BCUT2D eigenvalue weighted by Crippen LogP contribution is 2.25. The molecule has 0 aromatic heterocycles. The molecule has 0 aliphatic carbocycles. The van der Waals surface area contributed by atoms with E-state index in [9.17, 15) is 9.59 Å². The van der Waals surface area contributed by atoms with Crippen LogP contribution in [0, 0.1) is 6.92 Å². The van der Waals surface area contributed by atoms with Crippen LogP contribution in [0.15, 0.2) is 48.5 Å². The molecule has 2 fully saturated rings. The van der Waals surface area contributed by atoms with E-state index >= 15 is 0 Å². The average Bonchev–Trinajstić information content (AvgIpc) is 3.23. The lowest BCUT2D eigenvalue weighted by atomic mass is 10.0. The minimum absolute atomic E-state index is 0.0239. The Labute approximate surface area is 184 Å². The summed E-state index contributed by atoms with van der Waals surface area (Å²) >= 11 is 0. The molecule has 2 aromatic rings. The van der Waals surface area contributed by atoms with Crippen LogP contribution >= 0.6 is 0 Å². The molecule has 1 N–H and O–H groups in total. The zero-order chi connectivity index (χ0) is 21.8. The second kappa shape index (κ2) is 9.52. The van der Waals surface area contributed by atoms with Gasteiger partial charge in [0.15, 0.2) is 0 Å². The molecule has 0 spiro atoms. The number of likely N-dealkylation sites (tertiary alicyclic amines) is 1. The van der Waals surface area contributed by atoms with Crippen LogP contribution in [0.25, 0.3) is 0 Å². The first-order chi connectivity index (χ1) is 15.0. The van der Waals surface area contributed by atoms with Crippen molar-refractivity contribution >= 4 is 17.6 Å². The van der Waals surface area contributed by atoms with E-state index in [1.54, 1.807) is 4.90 Å². The predicted octanol–water partition coefficient (Wildman–Crippen LogP) is 3.30. The van der Waals surface area contributed by atoms with Crippen LogP contribution in [0.3, 0.4) is 0 Å². The number of rotatable bonds is 6. The average molecular weight is 421 g/mol. The molecule has 2 aromatic carbocycles. The van der Waals surface area contributed by atoms with E-state index in [1.807, 2.05) is 43.1 Å². The van der Waals surface area contributed by atoms with Gasteiger partial charge in [-0.25, -0.2) is 4.79 Å². The van der Waals surface area contributed by atoms with Gasteiger partial charge in [0.25, 0.3) is 5.91 Å². The molecule has 4 rings (SSSR count). The van der Waals surface area contributed by atoms with Gasteiger partial charge in [-0.05, 0) is 56.0 Å². The zero-order valence-corrected chi connectivity index (χ0v) is 18.5. The number of likely N-dealkylation sites (N-methyl/N-ethyl adjacent to an activating group) is 1. The highest BCUT2D eigenvalue weighted by Gasteiger charge is 2.28. The molecule has 2 saturated heterocycles. The van der Waals surface area contributed by atoms with Gasteiger partial charge in [0.05, 0.1) is 0 Å². The lowest BCUT2D eigenvalue weighted by Gasteiger charge is -2.37. The molecule has 2 heterocycles. The van der Waals surface area contributed by atoms with Gasteiger partial charge in [0.2, 0.25) is 0 Å². The van der Waals surface area contributed by atoms with Gasteiger partial charge in [-0.2, -0.15) is 0 Å². The molecule has 0 bridgehead atoms. The van der Waals surface area contributed by atoms with Crippen molar-refractivity contribution in [3.05, 3.63) is 65.2 Å². The Bertz CT molecular complexity index is 930. The summed E-state index contributed by atoms with van der Waals surface area (Å²) in [6, 6.07) is 16.4. The number of hydrogen-bond donors (Lipinski definition) is 1. The number of aryl methyl sites for hydroxylation is 1. The Morgan fingerprint density at radius 1 is 1.16 bits per heavy atom. The lowest BCUT2D eigenvalue weighted by Crippen LogP contribution is -2.49. The Kier molecular flexibility index (Phi) is 6.56. The van der Waals surface area contributed by atoms with Gasteiger partial charge in [-0.1, -0.05) is 36.4 Å². The SMILES string of the molecule is Cc1ccc(C(=O)N(C)[C@@H]2CCCN(CCc3ccccc3)C2)cc1N1CCNC1=O. The fourth-order valence-corrected chi connectivity index (χ4v) is 4.59. The third-order valence-corrected chi connectivity index (χ3v) is 6.51. The van der Waals surface area contributed by atoms with Crippen LogP contribution in [-0.4, -0.2) is 67.6 Å². The third-order valence-electron chi connectivity index (χ3n) is 6.51. The first-order valence-corrected chi connectivity index (χ1v) is 11.2. The largest absolute Gasteiger partial charge is 0.337 e. The summed E-state index contributed by atoms with van der Waals surface area (Å²) < 4.78 is 0. The maximum atomic E-state index is 13.3. The molecule has 31 heavy (non-hydrogen) atoms. The van der Waals surface area contributed by atoms with Crippen LogP contribution in [0.1, 0.15) is 34.3 Å². The molecule has 0 saturated carbocycles. The summed E-state index contributed by atoms with van der Waals surface area (Å²) in [4.78, 5) is 31.5. The Morgan fingerprint density at radius 3 is 2.71 bits per heavy atom. The van der Waals surface area contributed by atoms with E-state index in [-0.39, 0.29) is 18.0 Å². The topological polar surface area (TPSA) is 55.9 Å². The molecule has 2 aliphatic rings. The number of benzene rings is 2. The molecule has 3 amide bonds. The van der Waals surface area contributed by atoms with Crippen LogP contribution in [0.2, 0.25) is 0 Å². The number of piperidine rings is 1. The number of nitrogens with zero attached hydrogens (tertiary/aromatic N) is 3. The lowest BCUT2D eigenvalue weighted by molar-refractivity contribution is 0.0619. The number of urea groups is 1. The number of hydrogen-bond acceptors (Lipinski definition) is 3. The summed E-state index contributed by atoms with van der Waals surface area (Å²) in [5, 5.41) is 2.83. The predicted molar refractivity (Wildman–Crippen MR) is 124 cm³/mol. The van der Waals surface area contributed by atoms with Crippen molar-refractivity contribution in [1.29, 1.82) is 0 Å². The zero-order valence-electron chi connectivity index (χ0n) is 18.5. The Morgan fingerprint density at radius 2 is 1.97 bits per heavy atom. The minimum Gasteiger partial charge on any atom is -0.337 e. The second-order valence-corrected chi connectivity index (χ2v) is 8.63. The van der Waals surface area contributed by atoms with E-state index in [0.717, 1.165) is 50.1 Å². The third kappa shape index (κ3) is 4.90. The van der Waals surface area contributed by atoms with Crippen molar-refractivity contribution in [2.24, 2.45) is 0 Å². The Balaban J connectivity index is 1.41. The Hall–Kier alpha value is -2.86. The van der Waals surface area contributed by atoms with Crippen molar-refractivity contribution < 1.29 is 9.59 Å². The van der Waals surface area contributed by atoms with Crippen LogP contribution in [0.4, 0.5) is 10.5 Å². The van der Waals surface area contributed by atoms with E-state index < -0.39 is 0 Å². The van der Waals surface area contributed by atoms with Gasteiger partial charge < -0.3 is 15.1 Å². The highest BCUT2D eigenvalue weighted by molar-refractivity contribution is 5.99. The number of nitrogens with one attached hydrogen (secondary N) is 1. The van der Waals surface area contributed by atoms with Gasteiger partial charge in [-0.3, -0.25) is 9.69 Å². The highest BCUT2D eigenvalue weighted by atomic mass is 16.2. The quantitative estimate of drug-likeness (QED) is 0.780. The molecule has 0 radical (unpaired) electrons.